The van der Waals surface area contributed by atoms with Crippen LogP contribution in [0.15, 0.2) is 42.0 Å². The first-order chi connectivity index (χ1) is 22.7. The Morgan fingerprint density at radius 3 is 2.72 bits per heavy atom. The van der Waals surface area contributed by atoms with Gasteiger partial charge in [0.1, 0.15) is 35.3 Å². The molecular weight excluding hydrogens is 605 g/mol. The van der Waals surface area contributed by atoms with Crippen LogP contribution in [0.1, 0.15) is 51.5 Å². The van der Waals surface area contributed by atoms with E-state index in [1.807, 2.05) is 4.90 Å². The molecule has 0 amide bonds. The maximum Gasteiger partial charge on any atom is 0.319 e. The summed E-state index contributed by atoms with van der Waals surface area (Å²) in [5, 5.41) is 22.3. The van der Waals surface area contributed by atoms with Crippen LogP contribution in [0.5, 0.6) is 11.8 Å². The Morgan fingerprint density at radius 2 is 1.94 bits per heavy atom. The van der Waals surface area contributed by atoms with Crippen molar-refractivity contribution < 1.29 is 28.1 Å². The van der Waals surface area contributed by atoms with E-state index in [9.17, 15) is 10.2 Å². The van der Waals surface area contributed by atoms with E-state index in [2.05, 4.69) is 22.9 Å². The van der Waals surface area contributed by atoms with E-state index < -0.39 is 29.1 Å². The van der Waals surface area contributed by atoms with Crippen LogP contribution in [-0.2, 0) is 6.42 Å². The summed E-state index contributed by atoms with van der Waals surface area (Å²) in [6.45, 7) is 7.17. The number of halogens is 3. The number of ether oxygens (including phenoxy) is 1. The number of rotatable bonds is 6. The molecule has 2 N–H and O–H groups in total. The third-order valence-corrected chi connectivity index (χ3v) is 11.2. The second-order valence-corrected chi connectivity index (χ2v) is 14.0. The Balaban J connectivity index is 1.29. The Hall–Kier alpha value is -3.89. The molecule has 0 spiro atoms. The number of hydrogen-bond acceptors (Lipinski definition) is 7. The van der Waals surface area contributed by atoms with Crippen molar-refractivity contribution in [1.29, 1.82) is 0 Å². The highest BCUT2D eigenvalue weighted by molar-refractivity contribution is 6.03. The van der Waals surface area contributed by atoms with Crippen molar-refractivity contribution in [2.45, 2.75) is 64.0 Å². The third-order valence-electron chi connectivity index (χ3n) is 11.2. The number of anilines is 1. The molecule has 2 bridgehead atoms. The summed E-state index contributed by atoms with van der Waals surface area (Å²) in [6.07, 6.45) is 6.56. The van der Waals surface area contributed by atoms with Gasteiger partial charge in [-0.25, -0.2) is 13.2 Å². The van der Waals surface area contributed by atoms with Gasteiger partial charge in [-0.3, -0.25) is 4.90 Å². The predicted octanol–water partition coefficient (Wildman–Crippen LogP) is 6.91. The number of fused-ring (bicyclic) bond motifs is 5. The van der Waals surface area contributed by atoms with Gasteiger partial charge in [-0.15, -0.1) is 0 Å². The number of nitrogens with zero attached hydrogens (tertiary/aromatic N) is 4. The van der Waals surface area contributed by atoms with Gasteiger partial charge in [0.25, 0.3) is 0 Å². The van der Waals surface area contributed by atoms with Gasteiger partial charge in [0.05, 0.1) is 17.2 Å². The summed E-state index contributed by atoms with van der Waals surface area (Å²) in [7, 11) is 0. The van der Waals surface area contributed by atoms with Crippen molar-refractivity contribution in [3.8, 4) is 22.9 Å². The molecule has 4 atom stereocenters. The van der Waals surface area contributed by atoms with Gasteiger partial charge >= 0.3 is 6.01 Å². The van der Waals surface area contributed by atoms with Crippen molar-refractivity contribution in [2.24, 2.45) is 11.8 Å². The summed E-state index contributed by atoms with van der Waals surface area (Å²) < 4.78 is 54.7. The highest BCUT2D eigenvalue weighted by Crippen LogP contribution is 2.45. The van der Waals surface area contributed by atoms with Crippen molar-refractivity contribution in [1.82, 2.24) is 14.9 Å². The molecule has 3 aliphatic heterocycles. The van der Waals surface area contributed by atoms with E-state index in [1.54, 1.807) is 6.92 Å². The molecule has 4 aliphatic rings. The second-order valence-electron chi connectivity index (χ2n) is 14.0. The molecule has 8 rings (SSSR count). The standard InChI is InChI=1S/C37H39F3N4O3/c1-3-20-15-37(8-5-9-44(37)17-20)19-47-36-41-34-27(35(42-36)43-16-21-10-23(18-43)30(46)11-21)14-29(39)32(33(34)40)26-13-24(45)12-22-6-7-28(38)25(4-2)31(22)26/h3,6-7,12-14,21,23,30,45-46H,4-5,8-11,15-19H2,1-2H3/b20-3-/t21-,23-,30-,37?/m1/s1. The molecule has 3 aromatic carbocycles. The second kappa shape index (κ2) is 11.4. The number of piperidine rings is 1. The maximum atomic E-state index is 17.0. The largest absolute Gasteiger partial charge is 0.508 e. The number of phenols is 1. The normalized spacial score (nSPS) is 26.6. The minimum atomic E-state index is -0.926. The van der Waals surface area contributed by atoms with Gasteiger partial charge < -0.3 is 19.8 Å². The van der Waals surface area contributed by atoms with E-state index in [1.165, 1.54) is 35.9 Å². The van der Waals surface area contributed by atoms with Gasteiger partial charge in [0.15, 0.2) is 5.82 Å². The van der Waals surface area contributed by atoms with Crippen molar-refractivity contribution in [2.75, 3.05) is 37.7 Å². The van der Waals surface area contributed by atoms with Crippen LogP contribution < -0.4 is 9.64 Å². The average molecular weight is 645 g/mol. The van der Waals surface area contributed by atoms with Crippen LogP contribution in [-0.4, -0.2) is 69.5 Å². The fraction of sp³-hybridized carbons (Fsp3) is 0.459. The molecule has 1 aliphatic carbocycles. The van der Waals surface area contributed by atoms with Crippen LogP contribution >= 0.6 is 0 Å². The lowest BCUT2D eigenvalue weighted by Gasteiger charge is -2.34. The lowest BCUT2D eigenvalue weighted by molar-refractivity contribution is 0.108. The lowest BCUT2D eigenvalue weighted by atomic mass is 9.91. The van der Waals surface area contributed by atoms with E-state index in [0.717, 1.165) is 38.8 Å². The Bertz CT molecular complexity index is 1950. The number of aryl methyl sites for hydroxylation is 1. The smallest absolute Gasteiger partial charge is 0.319 e. The van der Waals surface area contributed by atoms with Gasteiger partial charge in [0, 0.05) is 30.9 Å². The number of aromatic nitrogens is 2. The van der Waals surface area contributed by atoms with Crippen LogP contribution in [0.2, 0.25) is 0 Å². The molecule has 1 saturated carbocycles. The number of allylic oxidation sites excluding steroid dienone is 1. The fourth-order valence-electron chi connectivity index (χ4n) is 8.93. The first-order valence-corrected chi connectivity index (χ1v) is 16.8. The first-order valence-electron chi connectivity index (χ1n) is 16.8. The molecule has 47 heavy (non-hydrogen) atoms. The number of aliphatic hydroxyl groups is 1. The van der Waals surface area contributed by atoms with Crippen LogP contribution in [0.25, 0.3) is 32.8 Å². The van der Waals surface area contributed by atoms with Gasteiger partial charge in [-0.05, 0) is 104 Å². The van der Waals surface area contributed by atoms with Gasteiger partial charge in [-0.1, -0.05) is 24.6 Å². The minimum Gasteiger partial charge on any atom is -0.508 e. The minimum absolute atomic E-state index is 0.0126. The van der Waals surface area contributed by atoms with E-state index >= 15 is 13.2 Å². The van der Waals surface area contributed by atoms with Gasteiger partial charge in [-0.2, -0.15) is 9.97 Å². The number of phenolic OH excluding ortho intramolecular Hbond substituents is 1. The van der Waals surface area contributed by atoms with Gasteiger partial charge in [0.2, 0.25) is 0 Å². The molecule has 246 valence electrons. The zero-order chi connectivity index (χ0) is 32.6. The molecule has 4 fully saturated rings. The van der Waals surface area contributed by atoms with Crippen LogP contribution in [0.3, 0.4) is 0 Å². The van der Waals surface area contributed by atoms with Crippen molar-refractivity contribution >= 4 is 27.5 Å². The molecular formula is C37H39F3N4O3. The summed E-state index contributed by atoms with van der Waals surface area (Å²) >= 11 is 0. The highest BCUT2D eigenvalue weighted by Gasteiger charge is 2.47. The molecule has 0 radical (unpaired) electrons. The summed E-state index contributed by atoms with van der Waals surface area (Å²) in [5.41, 5.74) is 1.05. The quantitative estimate of drug-likeness (QED) is 0.221. The predicted molar refractivity (Wildman–Crippen MR) is 175 cm³/mol. The lowest BCUT2D eigenvalue weighted by Crippen LogP contribution is -2.43. The number of hydrogen-bond donors (Lipinski definition) is 2. The molecule has 3 saturated heterocycles. The number of aliphatic hydroxyl groups excluding tert-OH is 1. The van der Waals surface area contributed by atoms with Crippen LogP contribution in [0, 0.1) is 29.3 Å². The monoisotopic (exact) mass is 644 g/mol. The van der Waals surface area contributed by atoms with Crippen LogP contribution in [0.4, 0.5) is 19.0 Å². The Kier molecular flexibility index (Phi) is 7.37. The zero-order valence-electron chi connectivity index (χ0n) is 26.7. The fourth-order valence-corrected chi connectivity index (χ4v) is 8.93. The topological polar surface area (TPSA) is 82.0 Å². The number of benzene rings is 3. The van der Waals surface area contributed by atoms with Crippen molar-refractivity contribution in [3.05, 3.63) is 65.0 Å². The van der Waals surface area contributed by atoms with E-state index in [4.69, 9.17) is 9.72 Å². The zero-order valence-corrected chi connectivity index (χ0v) is 26.7. The SMILES string of the molecule is C/C=C1\CN2CCCC2(COc2nc(N3C[C@@H]4C[C@H](C3)[C@H](O)C4)c3cc(F)c(-c4cc(O)cc5ccc(F)c(CC)c45)c(F)c3n2)C1. The number of aromatic hydroxyl groups is 1. The summed E-state index contributed by atoms with van der Waals surface area (Å²) in [5.74, 6) is -1.79. The molecule has 7 nitrogen and oxygen atoms in total. The van der Waals surface area contributed by atoms with Crippen molar-refractivity contribution in [3.63, 3.8) is 0 Å². The molecule has 4 heterocycles. The Labute approximate surface area is 271 Å². The Morgan fingerprint density at radius 1 is 1.09 bits per heavy atom. The molecule has 1 unspecified atom stereocenters. The van der Waals surface area contributed by atoms with E-state index in [-0.39, 0.29) is 45.6 Å². The third kappa shape index (κ3) is 4.94. The molecule has 10 heteroatoms. The maximum absolute atomic E-state index is 17.0. The average Bonchev–Trinajstić information content (AvgIpc) is 3.69. The highest BCUT2D eigenvalue weighted by atomic mass is 19.1. The van der Waals surface area contributed by atoms with E-state index in [0.29, 0.717) is 54.7 Å². The molecule has 1 aromatic heterocycles. The summed E-state index contributed by atoms with van der Waals surface area (Å²) in [4.78, 5) is 13.8. The first kappa shape index (κ1) is 30.4. The molecule has 4 aromatic rings. The summed E-state index contributed by atoms with van der Waals surface area (Å²) in [6, 6.07) is 6.81.